The van der Waals surface area contributed by atoms with Gasteiger partial charge in [0.25, 0.3) is 5.56 Å². The fourth-order valence-corrected chi connectivity index (χ4v) is 4.91. The summed E-state index contributed by atoms with van der Waals surface area (Å²) >= 11 is 0. The van der Waals surface area contributed by atoms with E-state index < -0.39 is 5.97 Å². The molecule has 1 saturated carbocycles. The van der Waals surface area contributed by atoms with E-state index in [0.29, 0.717) is 17.3 Å². The number of para-hydroxylation sites is 1. The molecule has 3 aromatic rings. The summed E-state index contributed by atoms with van der Waals surface area (Å²) in [5.41, 5.74) is 4.15. The number of anilines is 2. The number of carbonyl (C=O) groups is 1. The van der Waals surface area contributed by atoms with Gasteiger partial charge in [0.15, 0.2) is 0 Å². The highest BCUT2D eigenvalue weighted by atomic mass is 16.4. The highest BCUT2D eigenvalue weighted by Crippen LogP contribution is 2.42. The lowest BCUT2D eigenvalue weighted by atomic mass is 10.0. The highest BCUT2D eigenvalue weighted by Gasteiger charge is 2.33. The molecule has 2 fully saturated rings. The van der Waals surface area contributed by atoms with E-state index in [-0.39, 0.29) is 17.2 Å². The van der Waals surface area contributed by atoms with E-state index in [0.717, 1.165) is 61.3 Å². The quantitative estimate of drug-likeness (QED) is 0.569. The lowest BCUT2D eigenvalue weighted by Crippen LogP contribution is -2.34. The fraction of sp³-hybridized carbons (Fsp3) is 0.423. The van der Waals surface area contributed by atoms with Gasteiger partial charge in [-0.2, -0.15) is 0 Å². The first-order chi connectivity index (χ1) is 15.9. The van der Waals surface area contributed by atoms with Crippen molar-refractivity contribution in [2.24, 2.45) is 0 Å². The van der Waals surface area contributed by atoms with Crippen molar-refractivity contribution in [3.8, 4) is 0 Å². The second-order valence-corrected chi connectivity index (χ2v) is 9.36. The van der Waals surface area contributed by atoms with Crippen LogP contribution < -0.4 is 15.8 Å². The molecule has 2 aliphatic rings. The van der Waals surface area contributed by atoms with Gasteiger partial charge in [0, 0.05) is 30.5 Å². The third kappa shape index (κ3) is 4.08. The van der Waals surface area contributed by atoms with Crippen molar-refractivity contribution in [1.29, 1.82) is 0 Å². The Labute approximate surface area is 193 Å². The van der Waals surface area contributed by atoms with Crippen molar-refractivity contribution in [2.45, 2.75) is 57.9 Å². The molecule has 172 valence electrons. The van der Waals surface area contributed by atoms with Crippen LogP contribution in [0.5, 0.6) is 0 Å². The number of fused-ring (bicyclic) bond motifs is 1. The summed E-state index contributed by atoms with van der Waals surface area (Å²) in [5, 5.41) is 12.9. The number of nitrogens with one attached hydrogen (secondary N) is 1. The second kappa shape index (κ2) is 8.54. The summed E-state index contributed by atoms with van der Waals surface area (Å²) in [4.78, 5) is 32.8. The molecule has 2 N–H and O–H groups in total. The van der Waals surface area contributed by atoms with Crippen LogP contribution in [0.15, 0.2) is 41.3 Å². The van der Waals surface area contributed by atoms with E-state index in [9.17, 15) is 14.7 Å². The summed E-state index contributed by atoms with van der Waals surface area (Å²) in [6.45, 7) is 5.82. The molecule has 3 heterocycles. The van der Waals surface area contributed by atoms with E-state index in [2.05, 4.69) is 10.2 Å². The molecule has 2 aromatic heterocycles. The van der Waals surface area contributed by atoms with Gasteiger partial charge in [-0.15, -0.1) is 0 Å². The van der Waals surface area contributed by atoms with Crippen molar-refractivity contribution in [3.05, 3.63) is 69.1 Å². The number of carboxylic acid groups (broad SMARTS) is 1. The van der Waals surface area contributed by atoms with Crippen molar-refractivity contribution >= 4 is 23.1 Å². The Bertz CT molecular complexity index is 1270. The van der Waals surface area contributed by atoms with Gasteiger partial charge in [-0.25, -0.2) is 9.78 Å². The Hall–Kier alpha value is -3.35. The number of piperidine rings is 1. The zero-order valence-corrected chi connectivity index (χ0v) is 19.2. The fourth-order valence-electron chi connectivity index (χ4n) is 4.91. The summed E-state index contributed by atoms with van der Waals surface area (Å²) in [7, 11) is 0. The number of aryl methyl sites for hydroxylation is 1. The maximum atomic E-state index is 13.7. The molecule has 33 heavy (non-hydrogen) atoms. The molecule has 1 aromatic carbocycles. The molecule has 1 aliphatic carbocycles. The highest BCUT2D eigenvalue weighted by molar-refractivity contribution is 5.94. The molecule has 0 radical (unpaired) electrons. The molecule has 1 saturated heterocycles. The van der Waals surface area contributed by atoms with Gasteiger partial charge < -0.3 is 15.3 Å². The first-order valence-corrected chi connectivity index (χ1v) is 11.8. The standard InChI is InChI=1S/C26H30N4O3/c1-16-14-20(17(2)27-21-9-5-4-8-19(21)26(32)33)23-28-24(29-12-6-3-7-13-29)22(18-10-11-18)25(31)30(23)15-16/h4-5,8-9,14-15,17-18,27H,3,6-7,10-13H2,1-2H3,(H,32,33). The van der Waals surface area contributed by atoms with Gasteiger partial charge in [-0.3, -0.25) is 9.20 Å². The Morgan fingerprint density at radius 2 is 1.91 bits per heavy atom. The Balaban J connectivity index is 1.64. The van der Waals surface area contributed by atoms with Gasteiger partial charge >= 0.3 is 5.97 Å². The number of aromatic nitrogens is 2. The van der Waals surface area contributed by atoms with Gasteiger partial charge in [-0.1, -0.05) is 12.1 Å². The Morgan fingerprint density at radius 3 is 2.61 bits per heavy atom. The van der Waals surface area contributed by atoms with Crippen LogP contribution in [0.1, 0.15) is 78.0 Å². The summed E-state index contributed by atoms with van der Waals surface area (Å²) < 4.78 is 1.70. The minimum atomic E-state index is -0.977. The topological polar surface area (TPSA) is 86.9 Å². The number of benzene rings is 1. The third-order valence-corrected chi connectivity index (χ3v) is 6.74. The number of carboxylic acids is 1. The smallest absolute Gasteiger partial charge is 0.337 e. The Morgan fingerprint density at radius 1 is 1.18 bits per heavy atom. The van der Waals surface area contributed by atoms with E-state index >= 15 is 0 Å². The largest absolute Gasteiger partial charge is 0.478 e. The third-order valence-electron chi connectivity index (χ3n) is 6.74. The van der Waals surface area contributed by atoms with Crippen molar-refractivity contribution < 1.29 is 9.90 Å². The van der Waals surface area contributed by atoms with Crippen LogP contribution in [0.25, 0.3) is 5.65 Å². The minimum Gasteiger partial charge on any atom is -0.478 e. The van der Waals surface area contributed by atoms with E-state index in [1.807, 2.05) is 32.2 Å². The molecule has 1 atom stereocenters. The molecule has 1 aliphatic heterocycles. The average Bonchev–Trinajstić information content (AvgIpc) is 3.65. The number of rotatable bonds is 6. The predicted octanol–water partition coefficient (Wildman–Crippen LogP) is 4.74. The molecule has 0 bridgehead atoms. The lowest BCUT2D eigenvalue weighted by molar-refractivity contribution is 0.0698. The van der Waals surface area contributed by atoms with Crippen LogP contribution in [-0.2, 0) is 0 Å². The molecule has 0 amide bonds. The van der Waals surface area contributed by atoms with Crippen LogP contribution in [0.4, 0.5) is 11.5 Å². The molecule has 0 spiro atoms. The van der Waals surface area contributed by atoms with Crippen LogP contribution in [-0.4, -0.2) is 33.6 Å². The SMILES string of the molecule is Cc1cc(C(C)Nc2ccccc2C(=O)O)c2nc(N3CCCCC3)c(C3CC3)c(=O)n2c1. The Kier molecular flexibility index (Phi) is 5.56. The zero-order chi connectivity index (χ0) is 23.1. The van der Waals surface area contributed by atoms with E-state index in [1.54, 1.807) is 22.6 Å². The van der Waals surface area contributed by atoms with Crippen LogP contribution in [0.2, 0.25) is 0 Å². The van der Waals surface area contributed by atoms with Crippen LogP contribution in [0.3, 0.4) is 0 Å². The summed E-state index contributed by atoms with van der Waals surface area (Å²) in [5.74, 6) is 0.182. The molecule has 5 rings (SSSR count). The summed E-state index contributed by atoms with van der Waals surface area (Å²) in [6.07, 6.45) is 7.43. The maximum absolute atomic E-state index is 13.7. The zero-order valence-electron chi connectivity index (χ0n) is 19.2. The van der Waals surface area contributed by atoms with Gasteiger partial charge in [0.05, 0.1) is 17.2 Å². The van der Waals surface area contributed by atoms with Gasteiger partial charge in [0.1, 0.15) is 11.5 Å². The second-order valence-electron chi connectivity index (χ2n) is 9.36. The normalized spacial score (nSPS) is 17.2. The van der Waals surface area contributed by atoms with Crippen molar-refractivity contribution in [2.75, 3.05) is 23.3 Å². The first kappa shape index (κ1) is 21.5. The van der Waals surface area contributed by atoms with Crippen LogP contribution >= 0.6 is 0 Å². The van der Waals surface area contributed by atoms with Crippen molar-refractivity contribution in [1.82, 2.24) is 9.38 Å². The number of pyridine rings is 1. The van der Waals surface area contributed by atoms with Gasteiger partial charge in [-0.05, 0) is 75.6 Å². The number of aromatic carboxylic acids is 1. The lowest BCUT2D eigenvalue weighted by Gasteiger charge is -2.30. The molecule has 7 nitrogen and oxygen atoms in total. The summed E-state index contributed by atoms with van der Waals surface area (Å²) in [6, 6.07) is 8.68. The minimum absolute atomic E-state index is 0.0335. The van der Waals surface area contributed by atoms with Crippen LogP contribution in [0, 0.1) is 6.92 Å². The first-order valence-electron chi connectivity index (χ1n) is 11.8. The molecule has 7 heteroatoms. The number of hydrogen-bond acceptors (Lipinski definition) is 5. The number of nitrogens with zero attached hydrogens (tertiary/aromatic N) is 3. The molecule has 1 unspecified atom stereocenters. The van der Waals surface area contributed by atoms with E-state index in [1.165, 1.54) is 6.42 Å². The molecular formula is C26H30N4O3. The predicted molar refractivity (Wildman–Crippen MR) is 130 cm³/mol. The monoisotopic (exact) mass is 446 g/mol. The number of hydrogen-bond donors (Lipinski definition) is 2. The van der Waals surface area contributed by atoms with Crippen molar-refractivity contribution in [3.63, 3.8) is 0 Å². The van der Waals surface area contributed by atoms with Gasteiger partial charge in [0.2, 0.25) is 0 Å². The average molecular weight is 447 g/mol. The molecular weight excluding hydrogens is 416 g/mol. The van der Waals surface area contributed by atoms with E-state index in [4.69, 9.17) is 4.98 Å². The maximum Gasteiger partial charge on any atom is 0.337 e.